The third kappa shape index (κ3) is 3.24. The van der Waals surface area contributed by atoms with Crippen molar-refractivity contribution in [1.82, 2.24) is 9.88 Å². The van der Waals surface area contributed by atoms with E-state index in [2.05, 4.69) is 65.3 Å². The number of para-hydroxylation sites is 1. The van der Waals surface area contributed by atoms with E-state index in [0.717, 1.165) is 12.2 Å². The lowest BCUT2D eigenvalue weighted by Gasteiger charge is -2.17. The van der Waals surface area contributed by atoms with E-state index in [9.17, 15) is 0 Å². The fourth-order valence-corrected chi connectivity index (χ4v) is 2.96. The molecule has 2 heterocycles. The molecule has 1 saturated heterocycles. The van der Waals surface area contributed by atoms with Crippen LogP contribution in [0.4, 0.5) is 5.69 Å². The minimum absolute atomic E-state index is 1.03. The number of hydrogen-bond acceptors (Lipinski definition) is 3. The number of benzene rings is 1. The van der Waals surface area contributed by atoms with Crippen molar-refractivity contribution in [1.29, 1.82) is 0 Å². The Morgan fingerprint density at radius 3 is 2.48 bits per heavy atom. The number of aromatic nitrogens is 1. The minimum Gasteiger partial charge on any atom is -0.377 e. The van der Waals surface area contributed by atoms with E-state index >= 15 is 0 Å². The molecule has 1 aromatic carbocycles. The van der Waals surface area contributed by atoms with Gasteiger partial charge in [-0.05, 0) is 43.6 Å². The van der Waals surface area contributed by atoms with Gasteiger partial charge in [-0.2, -0.15) is 0 Å². The highest BCUT2D eigenvalue weighted by atomic mass is 15.1. The molecule has 110 valence electrons. The zero-order valence-corrected chi connectivity index (χ0v) is 12.9. The number of likely N-dealkylation sites (tertiary alicyclic amines) is 1. The molecule has 0 unspecified atom stereocenters. The van der Waals surface area contributed by atoms with Crippen molar-refractivity contribution in [3.8, 4) is 11.3 Å². The predicted octanol–water partition coefficient (Wildman–Crippen LogP) is 3.41. The van der Waals surface area contributed by atoms with E-state index in [1.54, 1.807) is 0 Å². The van der Waals surface area contributed by atoms with E-state index in [0.29, 0.717) is 0 Å². The van der Waals surface area contributed by atoms with E-state index < -0.39 is 0 Å². The molecular formula is C18H23N3. The number of pyridine rings is 1. The lowest BCUT2D eigenvalue weighted by atomic mass is 10.1. The molecule has 1 fully saturated rings. The second-order valence-electron chi connectivity index (χ2n) is 5.95. The van der Waals surface area contributed by atoms with Gasteiger partial charge in [0.15, 0.2) is 0 Å². The van der Waals surface area contributed by atoms with Crippen LogP contribution in [0.2, 0.25) is 0 Å². The zero-order valence-electron chi connectivity index (χ0n) is 12.9. The number of anilines is 1. The SMILES string of the molecule is CN(C)c1ccccc1-c1ccc(CN2CCCC2)cn1. The monoisotopic (exact) mass is 281 g/mol. The van der Waals surface area contributed by atoms with Crippen LogP contribution in [-0.4, -0.2) is 37.1 Å². The highest BCUT2D eigenvalue weighted by Gasteiger charge is 2.12. The molecule has 0 N–H and O–H groups in total. The predicted molar refractivity (Wildman–Crippen MR) is 88.5 cm³/mol. The summed E-state index contributed by atoms with van der Waals surface area (Å²) in [5.41, 5.74) is 4.75. The third-order valence-corrected chi connectivity index (χ3v) is 4.09. The normalized spacial score (nSPS) is 15.3. The molecule has 0 bridgehead atoms. The maximum absolute atomic E-state index is 4.68. The van der Waals surface area contributed by atoms with Gasteiger partial charge in [0.25, 0.3) is 0 Å². The number of nitrogens with zero attached hydrogens (tertiary/aromatic N) is 3. The first-order valence-corrected chi connectivity index (χ1v) is 7.68. The van der Waals surface area contributed by atoms with Crippen molar-refractivity contribution >= 4 is 5.69 Å². The molecule has 3 heteroatoms. The van der Waals surface area contributed by atoms with Crippen molar-refractivity contribution in [3.63, 3.8) is 0 Å². The summed E-state index contributed by atoms with van der Waals surface area (Å²) in [7, 11) is 4.14. The van der Waals surface area contributed by atoms with E-state index in [4.69, 9.17) is 0 Å². The van der Waals surface area contributed by atoms with E-state index in [-0.39, 0.29) is 0 Å². The summed E-state index contributed by atoms with van der Waals surface area (Å²) in [6.45, 7) is 3.49. The Balaban J connectivity index is 1.80. The molecule has 1 aromatic heterocycles. The molecule has 2 aromatic rings. The van der Waals surface area contributed by atoms with Gasteiger partial charge in [0.1, 0.15) is 0 Å². The Bertz CT molecular complexity index is 584. The summed E-state index contributed by atoms with van der Waals surface area (Å²) in [6.07, 6.45) is 4.70. The van der Waals surface area contributed by atoms with Crippen LogP contribution >= 0.6 is 0 Å². The first-order chi connectivity index (χ1) is 10.2. The van der Waals surface area contributed by atoms with Crippen LogP contribution in [0.25, 0.3) is 11.3 Å². The summed E-state index contributed by atoms with van der Waals surface area (Å²) in [5.74, 6) is 0. The molecular weight excluding hydrogens is 258 g/mol. The lowest BCUT2D eigenvalue weighted by molar-refractivity contribution is 0.331. The quantitative estimate of drug-likeness (QED) is 0.856. The Hall–Kier alpha value is -1.87. The van der Waals surface area contributed by atoms with Gasteiger partial charge in [0, 0.05) is 38.1 Å². The van der Waals surface area contributed by atoms with Crippen LogP contribution in [0, 0.1) is 0 Å². The van der Waals surface area contributed by atoms with Crippen LogP contribution in [0.15, 0.2) is 42.6 Å². The van der Waals surface area contributed by atoms with Crippen molar-refractivity contribution in [2.24, 2.45) is 0 Å². The van der Waals surface area contributed by atoms with Gasteiger partial charge >= 0.3 is 0 Å². The summed E-state index contributed by atoms with van der Waals surface area (Å²) >= 11 is 0. The molecule has 3 rings (SSSR count). The maximum atomic E-state index is 4.68. The lowest BCUT2D eigenvalue weighted by Crippen LogP contribution is -2.18. The Morgan fingerprint density at radius 2 is 1.81 bits per heavy atom. The molecule has 0 radical (unpaired) electrons. The van der Waals surface area contributed by atoms with Crippen LogP contribution < -0.4 is 4.90 Å². The van der Waals surface area contributed by atoms with Gasteiger partial charge in [-0.1, -0.05) is 24.3 Å². The Morgan fingerprint density at radius 1 is 1.05 bits per heavy atom. The fraction of sp³-hybridized carbons (Fsp3) is 0.389. The standard InChI is InChI=1S/C18H23N3/c1-20(2)18-8-4-3-7-16(18)17-10-9-15(13-19-17)14-21-11-5-6-12-21/h3-4,7-10,13H,5-6,11-12,14H2,1-2H3. The summed E-state index contributed by atoms with van der Waals surface area (Å²) in [4.78, 5) is 9.32. The minimum atomic E-state index is 1.03. The molecule has 1 aliphatic heterocycles. The van der Waals surface area contributed by atoms with E-state index in [1.807, 2.05) is 6.20 Å². The molecule has 0 aliphatic carbocycles. The third-order valence-electron chi connectivity index (χ3n) is 4.09. The molecule has 21 heavy (non-hydrogen) atoms. The molecule has 3 nitrogen and oxygen atoms in total. The van der Waals surface area contributed by atoms with Crippen LogP contribution in [0.5, 0.6) is 0 Å². The highest BCUT2D eigenvalue weighted by molar-refractivity contribution is 5.75. The van der Waals surface area contributed by atoms with Gasteiger partial charge in [-0.3, -0.25) is 9.88 Å². The van der Waals surface area contributed by atoms with Gasteiger partial charge in [0.05, 0.1) is 5.69 Å². The van der Waals surface area contributed by atoms with Gasteiger partial charge in [0.2, 0.25) is 0 Å². The first kappa shape index (κ1) is 14.1. The van der Waals surface area contributed by atoms with Crippen molar-refractivity contribution < 1.29 is 0 Å². The topological polar surface area (TPSA) is 19.4 Å². The van der Waals surface area contributed by atoms with Crippen molar-refractivity contribution in [3.05, 3.63) is 48.2 Å². The van der Waals surface area contributed by atoms with Crippen LogP contribution in [0.1, 0.15) is 18.4 Å². The second-order valence-corrected chi connectivity index (χ2v) is 5.95. The smallest absolute Gasteiger partial charge is 0.0723 e. The van der Waals surface area contributed by atoms with Crippen molar-refractivity contribution in [2.45, 2.75) is 19.4 Å². The summed E-state index contributed by atoms with van der Waals surface area (Å²) < 4.78 is 0. The first-order valence-electron chi connectivity index (χ1n) is 7.68. The molecule has 1 aliphatic rings. The molecule has 0 amide bonds. The summed E-state index contributed by atoms with van der Waals surface area (Å²) in [5, 5.41) is 0. The number of hydrogen-bond donors (Lipinski definition) is 0. The van der Waals surface area contributed by atoms with Gasteiger partial charge < -0.3 is 4.90 Å². The number of rotatable bonds is 4. The highest BCUT2D eigenvalue weighted by Crippen LogP contribution is 2.28. The van der Waals surface area contributed by atoms with Gasteiger partial charge in [-0.25, -0.2) is 0 Å². The van der Waals surface area contributed by atoms with Crippen molar-refractivity contribution in [2.75, 3.05) is 32.1 Å². The molecule has 0 spiro atoms. The molecule has 0 atom stereocenters. The average molecular weight is 281 g/mol. The Kier molecular flexibility index (Phi) is 4.20. The fourth-order valence-electron chi connectivity index (χ4n) is 2.96. The zero-order chi connectivity index (χ0) is 14.7. The van der Waals surface area contributed by atoms with Gasteiger partial charge in [-0.15, -0.1) is 0 Å². The van der Waals surface area contributed by atoms with Crippen LogP contribution in [-0.2, 0) is 6.54 Å². The Labute approximate surface area is 127 Å². The van der Waals surface area contributed by atoms with Crippen LogP contribution in [0.3, 0.4) is 0 Å². The second kappa shape index (κ2) is 6.27. The molecule has 0 saturated carbocycles. The van der Waals surface area contributed by atoms with E-state index in [1.165, 1.54) is 42.7 Å². The maximum Gasteiger partial charge on any atom is 0.0723 e. The summed E-state index contributed by atoms with van der Waals surface area (Å²) in [6, 6.07) is 12.8. The largest absolute Gasteiger partial charge is 0.377 e. The average Bonchev–Trinajstić information content (AvgIpc) is 3.01.